The lowest BCUT2D eigenvalue weighted by atomic mass is 9.96. The van der Waals surface area contributed by atoms with Crippen LogP contribution in [0, 0.1) is 5.82 Å². The summed E-state index contributed by atoms with van der Waals surface area (Å²) in [5.74, 6) is -4.57. The molecule has 90 valence electrons. The Labute approximate surface area is 103 Å². The second-order valence-corrected chi connectivity index (χ2v) is 4.41. The van der Waals surface area contributed by atoms with Crippen molar-refractivity contribution in [3.8, 4) is 0 Å². The standard InChI is InChI=1S/C10H6BrF2NO3/c11-4-1-3-6(2-5(4)12)14-9(15)7(3)8(13)10(16)17/h1-2,7-8H,(H,14,15)(H,16,17). The summed E-state index contributed by atoms with van der Waals surface area (Å²) in [7, 11) is 0. The summed E-state index contributed by atoms with van der Waals surface area (Å²) < 4.78 is 26.7. The fourth-order valence-corrected chi connectivity index (χ4v) is 2.07. The highest BCUT2D eigenvalue weighted by atomic mass is 79.9. The van der Waals surface area contributed by atoms with E-state index in [2.05, 4.69) is 21.2 Å². The number of alkyl halides is 1. The van der Waals surface area contributed by atoms with E-state index in [4.69, 9.17) is 5.11 Å². The van der Waals surface area contributed by atoms with Crippen LogP contribution in [0.3, 0.4) is 0 Å². The third kappa shape index (κ3) is 1.90. The lowest BCUT2D eigenvalue weighted by Crippen LogP contribution is -2.28. The number of amides is 1. The molecule has 1 amide bonds. The molecule has 1 aromatic carbocycles. The zero-order valence-electron chi connectivity index (χ0n) is 8.21. The summed E-state index contributed by atoms with van der Waals surface area (Å²) in [5, 5.41) is 10.8. The van der Waals surface area contributed by atoms with Gasteiger partial charge in [-0.05, 0) is 33.6 Å². The highest BCUT2D eigenvalue weighted by molar-refractivity contribution is 9.10. The van der Waals surface area contributed by atoms with Crippen LogP contribution in [0.15, 0.2) is 16.6 Å². The molecule has 2 unspecified atom stereocenters. The molecule has 2 atom stereocenters. The fourth-order valence-electron chi connectivity index (χ4n) is 1.71. The molecule has 7 heteroatoms. The molecule has 0 spiro atoms. The molecule has 0 fully saturated rings. The van der Waals surface area contributed by atoms with Gasteiger partial charge in [0.15, 0.2) is 0 Å². The lowest BCUT2D eigenvalue weighted by molar-refractivity contribution is -0.145. The van der Waals surface area contributed by atoms with Gasteiger partial charge >= 0.3 is 5.97 Å². The van der Waals surface area contributed by atoms with Gasteiger partial charge in [0.05, 0.1) is 4.47 Å². The summed E-state index contributed by atoms with van der Waals surface area (Å²) in [6.07, 6.45) is -2.35. The maximum absolute atomic E-state index is 13.4. The van der Waals surface area contributed by atoms with Crippen molar-refractivity contribution in [2.24, 2.45) is 0 Å². The minimum absolute atomic E-state index is 0.0512. The molecule has 1 aliphatic heterocycles. The van der Waals surface area contributed by atoms with Gasteiger partial charge in [-0.2, -0.15) is 0 Å². The SMILES string of the molecule is O=C(O)C(F)C1C(=O)Nc2cc(F)c(Br)cc21. The number of benzene rings is 1. The van der Waals surface area contributed by atoms with E-state index in [1.807, 2.05) is 0 Å². The average molecular weight is 306 g/mol. The van der Waals surface area contributed by atoms with Crippen LogP contribution in [0.1, 0.15) is 11.5 Å². The third-order valence-electron chi connectivity index (χ3n) is 2.50. The summed E-state index contributed by atoms with van der Waals surface area (Å²) >= 11 is 2.90. The van der Waals surface area contributed by atoms with Gasteiger partial charge < -0.3 is 10.4 Å². The molecule has 1 heterocycles. The Hall–Kier alpha value is -1.50. The first-order valence-electron chi connectivity index (χ1n) is 4.58. The van der Waals surface area contributed by atoms with Gasteiger partial charge in [0.1, 0.15) is 11.7 Å². The van der Waals surface area contributed by atoms with Crippen molar-refractivity contribution >= 4 is 33.5 Å². The van der Waals surface area contributed by atoms with E-state index in [1.54, 1.807) is 0 Å². The van der Waals surface area contributed by atoms with Gasteiger partial charge in [-0.25, -0.2) is 13.6 Å². The molecule has 1 aromatic rings. The third-order valence-corrected chi connectivity index (χ3v) is 3.10. The Kier molecular flexibility index (Phi) is 2.86. The van der Waals surface area contributed by atoms with Crippen LogP contribution in [0.4, 0.5) is 14.5 Å². The van der Waals surface area contributed by atoms with Gasteiger partial charge in [-0.1, -0.05) is 0 Å². The molecule has 2 rings (SSSR count). The molecular weight excluding hydrogens is 300 g/mol. The molecular formula is C10H6BrF2NO3. The quantitative estimate of drug-likeness (QED) is 0.879. The summed E-state index contributed by atoms with van der Waals surface area (Å²) in [6.45, 7) is 0. The number of carbonyl (C=O) groups is 2. The molecule has 0 aromatic heterocycles. The number of halogens is 3. The van der Waals surface area contributed by atoms with Crippen molar-refractivity contribution in [3.63, 3.8) is 0 Å². The maximum Gasteiger partial charge on any atom is 0.339 e. The summed E-state index contributed by atoms with van der Waals surface area (Å²) in [4.78, 5) is 22.0. The highest BCUT2D eigenvalue weighted by Crippen LogP contribution is 2.38. The number of rotatable bonds is 2. The zero-order valence-corrected chi connectivity index (χ0v) is 9.79. The van der Waals surface area contributed by atoms with E-state index < -0.39 is 29.8 Å². The first-order chi connectivity index (χ1) is 7.91. The smallest absolute Gasteiger partial charge is 0.339 e. The van der Waals surface area contributed by atoms with Crippen LogP contribution >= 0.6 is 15.9 Å². The largest absolute Gasteiger partial charge is 0.479 e. The van der Waals surface area contributed by atoms with Crippen LogP contribution in [0.2, 0.25) is 0 Å². The molecule has 0 saturated carbocycles. The number of aliphatic carboxylic acids is 1. The Morgan fingerprint density at radius 2 is 2.18 bits per heavy atom. The number of carbonyl (C=O) groups excluding carboxylic acids is 1. The Bertz CT molecular complexity index is 521. The summed E-state index contributed by atoms with van der Waals surface area (Å²) in [6, 6.07) is 2.23. The van der Waals surface area contributed by atoms with Crippen LogP contribution < -0.4 is 5.32 Å². The van der Waals surface area contributed by atoms with E-state index in [1.165, 1.54) is 6.07 Å². The van der Waals surface area contributed by atoms with Crippen molar-refractivity contribution < 1.29 is 23.5 Å². The predicted octanol–water partition coefficient (Wildman–Crippen LogP) is 2.05. The van der Waals surface area contributed by atoms with Crippen LogP contribution in [0.25, 0.3) is 0 Å². The molecule has 2 N–H and O–H groups in total. The molecule has 0 radical (unpaired) electrons. The normalized spacial score (nSPS) is 19.7. The average Bonchev–Trinajstić information content (AvgIpc) is 2.53. The lowest BCUT2D eigenvalue weighted by Gasteiger charge is -2.10. The maximum atomic E-state index is 13.4. The molecule has 0 bridgehead atoms. The second kappa shape index (κ2) is 4.06. The Balaban J connectivity index is 2.50. The number of hydrogen-bond acceptors (Lipinski definition) is 2. The summed E-state index contributed by atoms with van der Waals surface area (Å²) in [5.41, 5.74) is 0.239. The van der Waals surface area contributed by atoms with Crippen LogP contribution in [-0.2, 0) is 9.59 Å². The van der Waals surface area contributed by atoms with Gasteiger partial charge in [0.25, 0.3) is 0 Å². The van der Waals surface area contributed by atoms with Crippen molar-refractivity contribution in [3.05, 3.63) is 28.0 Å². The van der Waals surface area contributed by atoms with Gasteiger partial charge in [-0.3, -0.25) is 4.79 Å². The van der Waals surface area contributed by atoms with Crippen molar-refractivity contribution in [1.82, 2.24) is 0 Å². The first-order valence-corrected chi connectivity index (χ1v) is 5.38. The number of anilines is 1. The Morgan fingerprint density at radius 3 is 2.76 bits per heavy atom. The van der Waals surface area contributed by atoms with Crippen molar-refractivity contribution in [2.75, 3.05) is 5.32 Å². The molecule has 4 nitrogen and oxygen atoms in total. The minimum atomic E-state index is -2.35. The number of nitrogens with one attached hydrogen (secondary N) is 1. The molecule has 17 heavy (non-hydrogen) atoms. The highest BCUT2D eigenvalue weighted by Gasteiger charge is 2.41. The second-order valence-electron chi connectivity index (χ2n) is 3.56. The fraction of sp³-hybridized carbons (Fsp3) is 0.200. The van der Waals surface area contributed by atoms with Crippen molar-refractivity contribution in [2.45, 2.75) is 12.1 Å². The van der Waals surface area contributed by atoms with Gasteiger partial charge in [0.2, 0.25) is 12.1 Å². The topological polar surface area (TPSA) is 66.4 Å². The van der Waals surface area contributed by atoms with E-state index in [0.29, 0.717) is 0 Å². The zero-order chi connectivity index (χ0) is 12.7. The first kappa shape index (κ1) is 12.0. The van der Waals surface area contributed by atoms with Gasteiger partial charge in [0, 0.05) is 5.69 Å². The monoisotopic (exact) mass is 305 g/mol. The molecule has 0 saturated heterocycles. The van der Waals surface area contributed by atoms with Crippen LogP contribution in [0.5, 0.6) is 0 Å². The predicted molar refractivity (Wildman–Crippen MR) is 58.0 cm³/mol. The van der Waals surface area contributed by atoms with Crippen molar-refractivity contribution in [1.29, 1.82) is 0 Å². The minimum Gasteiger partial charge on any atom is -0.479 e. The van der Waals surface area contributed by atoms with E-state index in [9.17, 15) is 18.4 Å². The molecule has 1 aliphatic rings. The van der Waals surface area contributed by atoms with Gasteiger partial charge in [-0.15, -0.1) is 0 Å². The molecule has 0 aliphatic carbocycles. The van der Waals surface area contributed by atoms with Crippen LogP contribution in [-0.4, -0.2) is 23.2 Å². The number of carboxylic acid groups (broad SMARTS) is 1. The number of carboxylic acids is 1. The van der Waals surface area contributed by atoms with E-state index >= 15 is 0 Å². The van der Waals surface area contributed by atoms with E-state index in [0.717, 1.165) is 6.07 Å². The number of fused-ring (bicyclic) bond motifs is 1. The number of hydrogen-bond donors (Lipinski definition) is 2. The van der Waals surface area contributed by atoms with E-state index in [-0.39, 0.29) is 15.7 Å². The Morgan fingerprint density at radius 1 is 1.53 bits per heavy atom.